The van der Waals surface area contributed by atoms with Gasteiger partial charge in [0, 0.05) is 26.4 Å². The van der Waals surface area contributed by atoms with E-state index in [1.807, 2.05) is 36.5 Å². The van der Waals surface area contributed by atoms with Gasteiger partial charge in [-0.2, -0.15) is 5.10 Å². The topological polar surface area (TPSA) is 68.6 Å². The molecule has 1 saturated heterocycles. The molecule has 1 aromatic heterocycles. The summed E-state index contributed by atoms with van der Waals surface area (Å²) in [4.78, 5) is 14.1. The fourth-order valence-electron chi connectivity index (χ4n) is 2.61. The van der Waals surface area contributed by atoms with Gasteiger partial charge < -0.3 is 19.7 Å². The fourth-order valence-corrected chi connectivity index (χ4v) is 2.61. The van der Waals surface area contributed by atoms with Crippen molar-refractivity contribution in [2.75, 3.05) is 32.1 Å². The highest BCUT2D eigenvalue weighted by atomic mass is 16.6. The summed E-state index contributed by atoms with van der Waals surface area (Å²) in [6.45, 7) is 8.50. The second-order valence-corrected chi connectivity index (χ2v) is 6.84. The van der Waals surface area contributed by atoms with Gasteiger partial charge in [-0.1, -0.05) is 0 Å². The number of carbonyl (C=O) groups is 1. The highest BCUT2D eigenvalue weighted by molar-refractivity contribution is 5.69. The third-order valence-electron chi connectivity index (χ3n) is 3.70. The van der Waals surface area contributed by atoms with Crippen LogP contribution in [0.2, 0.25) is 0 Å². The van der Waals surface area contributed by atoms with E-state index < -0.39 is 5.60 Å². The number of methoxy groups -OCH3 is 1. The van der Waals surface area contributed by atoms with Crippen LogP contribution in [0.3, 0.4) is 0 Å². The van der Waals surface area contributed by atoms with Crippen LogP contribution in [0, 0.1) is 0 Å². The van der Waals surface area contributed by atoms with E-state index >= 15 is 0 Å². The molecule has 0 radical (unpaired) electrons. The average molecular weight is 324 g/mol. The summed E-state index contributed by atoms with van der Waals surface area (Å²) in [6.07, 6.45) is 5.52. The standard InChI is InChI=1S/C16H28N4O3/c1-16(2,3)23-15(21)20-7-5-6-14(20)11-17-13-10-18-19(12-13)8-9-22-4/h10,12,14,17H,5-9,11H2,1-4H3. The normalized spacial score (nSPS) is 18.3. The van der Waals surface area contributed by atoms with Crippen LogP contribution in [0.15, 0.2) is 12.4 Å². The van der Waals surface area contributed by atoms with Gasteiger partial charge in [-0.15, -0.1) is 0 Å². The first-order valence-corrected chi connectivity index (χ1v) is 8.14. The third-order valence-corrected chi connectivity index (χ3v) is 3.70. The predicted octanol–water partition coefficient (Wildman–Crippen LogP) is 2.34. The molecule has 1 fully saturated rings. The highest BCUT2D eigenvalue weighted by Gasteiger charge is 2.31. The van der Waals surface area contributed by atoms with Gasteiger partial charge >= 0.3 is 6.09 Å². The molecule has 1 atom stereocenters. The smallest absolute Gasteiger partial charge is 0.410 e. The molecule has 0 aliphatic carbocycles. The number of likely N-dealkylation sites (tertiary alicyclic amines) is 1. The molecule has 23 heavy (non-hydrogen) atoms. The summed E-state index contributed by atoms with van der Waals surface area (Å²) >= 11 is 0. The average Bonchev–Trinajstić information content (AvgIpc) is 3.10. The molecule has 1 amide bonds. The summed E-state index contributed by atoms with van der Waals surface area (Å²) in [5.41, 5.74) is 0.497. The third kappa shape index (κ3) is 5.42. The van der Waals surface area contributed by atoms with Crippen molar-refractivity contribution in [1.29, 1.82) is 0 Å². The van der Waals surface area contributed by atoms with E-state index in [-0.39, 0.29) is 12.1 Å². The lowest BCUT2D eigenvalue weighted by Gasteiger charge is -2.28. The molecule has 2 rings (SSSR count). The molecule has 7 nitrogen and oxygen atoms in total. The first-order valence-electron chi connectivity index (χ1n) is 8.14. The van der Waals surface area contributed by atoms with Gasteiger partial charge in [-0.05, 0) is 33.6 Å². The van der Waals surface area contributed by atoms with Gasteiger partial charge in [0.2, 0.25) is 0 Å². The zero-order valence-electron chi connectivity index (χ0n) is 14.5. The van der Waals surface area contributed by atoms with Crippen molar-refractivity contribution in [3.63, 3.8) is 0 Å². The van der Waals surface area contributed by atoms with E-state index in [1.165, 1.54) is 0 Å². The minimum Gasteiger partial charge on any atom is -0.444 e. The number of anilines is 1. The van der Waals surface area contributed by atoms with Crippen LogP contribution in [0.5, 0.6) is 0 Å². The summed E-state index contributed by atoms with van der Waals surface area (Å²) in [5, 5.41) is 7.63. The Morgan fingerprint density at radius 3 is 2.96 bits per heavy atom. The molecule has 1 unspecified atom stereocenters. The summed E-state index contributed by atoms with van der Waals surface area (Å²) in [5.74, 6) is 0. The number of amides is 1. The van der Waals surface area contributed by atoms with E-state index in [2.05, 4.69) is 10.4 Å². The number of nitrogens with zero attached hydrogens (tertiary/aromatic N) is 3. The minimum absolute atomic E-state index is 0.159. The number of aromatic nitrogens is 2. The summed E-state index contributed by atoms with van der Waals surface area (Å²) in [7, 11) is 1.67. The van der Waals surface area contributed by atoms with Crippen molar-refractivity contribution >= 4 is 11.8 Å². The lowest BCUT2D eigenvalue weighted by molar-refractivity contribution is 0.0235. The maximum absolute atomic E-state index is 12.3. The van der Waals surface area contributed by atoms with Crippen LogP contribution >= 0.6 is 0 Å². The van der Waals surface area contributed by atoms with Gasteiger partial charge in [0.05, 0.1) is 31.1 Å². The monoisotopic (exact) mass is 324 g/mol. The van der Waals surface area contributed by atoms with Gasteiger partial charge in [0.15, 0.2) is 0 Å². The Morgan fingerprint density at radius 1 is 1.48 bits per heavy atom. The maximum Gasteiger partial charge on any atom is 0.410 e. The molecule has 0 bridgehead atoms. The quantitative estimate of drug-likeness (QED) is 0.870. The molecular weight excluding hydrogens is 296 g/mol. The lowest BCUT2D eigenvalue weighted by atomic mass is 10.2. The van der Waals surface area contributed by atoms with Crippen molar-refractivity contribution in [2.45, 2.75) is 51.8 Å². The maximum atomic E-state index is 12.3. The zero-order chi connectivity index (χ0) is 16.9. The van der Waals surface area contributed by atoms with Crippen LogP contribution in [0.1, 0.15) is 33.6 Å². The Morgan fingerprint density at radius 2 is 2.26 bits per heavy atom. The first kappa shape index (κ1) is 17.6. The summed E-state index contributed by atoms with van der Waals surface area (Å²) in [6, 6.07) is 0.159. The molecule has 7 heteroatoms. The number of nitrogens with one attached hydrogen (secondary N) is 1. The molecule has 0 saturated carbocycles. The molecular formula is C16H28N4O3. The molecule has 130 valence electrons. The SMILES string of the molecule is COCCn1cc(NCC2CCCN2C(=O)OC(C)(C)C)cn1. The molecule has 1 aliphatic heterocycles. The van der Waals surface area contributed by atoms with Crippen molar-refractivity contribution in [1.82, 2.24) is 14.7 Å². The van der Waals surface area contributed by atoms with Gasteiger partial charge in [0.25, 0.3) is 0 Å². The Labute approximate surface area is 137 Å². The number of hydrogen-bond donors (Lipinski definition) is 1. The number of hydrogen-bond acceptors (Lipinski definition) is 5. The minimum atomic E-state index is -0.458. The van der Waals surface area contributed by atoms with Crippen LogP contribution in [0.4, 0.5) is 10.5 Å². The molecule has 1 aromatic rings. The lowest BCUT2D eigenvalue weighted by Crippen LogP contribution is -2.42. The van der Waals surface area contributed by atoms with Crippen LogP contribution in [-0.4, -0.2) is 59.2 Å². The molecule has 0 spiro atoms. The number of ether oxygens (including phenoxy) is 2. The Kier molecular flexibility index (Phi) is 5.87. The summed E-state index contributed by atoms with van der Waals surface area (Å²) < 4.78 is 12.4. The van der Waals surface area contributed by atoms with Crippen LogP contribution in [-0.2, 0) is 16.0 Å². The highest BCUT2D eigenvalue weighted by Crippen LogP contribution is 2.21. The van der Waals surface area contributed by atoms with E-state index in [0.717, 1.165) is 31.6 Å². The number of rotatable bonds is 6. The van der Waals surface area contributed by atoms with E-state index in [0.29, 0.717) is 13.2 Å². The Bertz CT molecular complexity index is 510. The molecule has 1 N–H and O–H groups in total. The predicted molar refractivity (Wildman–Crippen MR) is 88.6 cm³/mol. The second kappa shape index (κ2) is 7.68. The van der Waals surface area contributed by atoms with Gasteiger partial charge in [0.1, 0.15) is 5.60 Å². The second-order valence-electron chi connectivity index (χ2n) is 6.84. The van der Waals surface area contributed by atoms with Crippen molar-refractivity contribution in [2.24, 2.45) is 0 Å². The van der Waals surface area contributed by atoms with E-state index in [1.54, 1.807) is 13.3 Å². The first-order chi connectivity index (χ1) is 10.9. The van der Waals surface area contributed by atoms with Crippen LogP contribution in [0.25, 0.3) is 0 Å². The van der Waals surface area contributed by atoms with Crippen molar-refractivity contribution in [3.8, 4) is 0 Å². The molecule has 1 aliphatic rings. The Balaban J connectivity index is 1.84. The molecule has 2 heterocycles. The Hall–Kier alpha value is -1.76. The van der Waals surface area contributed by atoms with Crippen LogP contribution < -0.4 is 5.32 Å². The van der Waals surface area contributed by atoms with Crippen molar-refractivity contribution in [3.05, 3.63) is 12.4 Å². The molecule has 0 aromatic carbocycles. The van der Waals surface area contributed by atoms with E-state index in [4.69, 9.17) is 9.47 Å². The van der Waals surface area contributed by atoms with Gasteiger partial charge in [-0.25, -0.2) is 4.79 Å². The van der Waals surface area contributed by atoms with E-state index in [9.17, 15) is 4.79 Å². The van der Waals surface area contributed by atoms with Crippen molar-refractivity contribution < 1.29 is 14.3 Å². The largest absolute Gasteiger partial charge is 0.444 e. The van der Waals surface area contributed by atoms with Gasteiger partial charge in [-0.3, -0.25) is 4.68 Å². The fraction of sp³-hybridized carbons (Fsp3) is 0.750. The zero-order valence-corrected chi connectivity index (χ0v) is 14.5. The number of carbonyl (C=O) groups excluding carboxylic acids is 1.